The molecule has 3 rings (SSSR count). The highest BCUT2D eigenvalue weighted by molar-refractivity contribution is 7.89. The number of para-hydroxylation sites is 1. The van der Waals surface area contributed by atoms with E-state index in [1.807, 2.05) is 24.3 Å². The minimum absolute atomic E-state index is 0. The molecule has 0 radical (unpaired) electrons. The number of nitrogens with one attached hydrogen (secondary N) is 1. The molecule has 2 aromatic rings. The molecule has 2 aromatic carbocycles. The van der Waals surface area contributed by atoms with Crippen molar-refractivity contribution in [3.63, 3.8) is 0 Å². The fourth-order valence-electron chi connectivity index (χ4n) is 3.94. The van der Waals surface area contributed by atoms with Crippen LogP contribution in [0.2, 0.25) is 5.02 Å². The van der Waals surface area contributed by atoms with E-state index >= 15 is 0 Å². The van der Waals surface area contributed by atoms with Crippen LogP contribution >= 0.6 is 24.0 Å². The van der Waals surface area contributed by atoms with Crippen molar-refractivity contribution in [1.29, 1.82) is 0 Å². The van der Waals surface area contributed by atoms with Gasteiger partial charge in [0.25, 0.3) is 5.91 Å². The number of halogens is 2. The van der Waals surface area contributed by atoms with Gasteiger partial charge in [0.05, 0.1) is 15.5 Å². The average molecular weight is 500 g/mol. The molecule has 0 aromatic heterocycles. The fourth-order valence-corrected chi connectivity index (χ4v) is 5.07. The van der Waals surface area contributed by atoms with Crippen LogP contribution in [0.3, 0.4) is 0 Å². The smallest absolute Gasteiger partial charge is 0.257 e. The van der Waals surface area contributed by atoms with Crippen molar-refractivity contribution in [3.8, 4) is 0 Å². The fraction of sp³-hybridized carbons (Fsp3) is 0.435. The topological polar surface area (TPSA) is 69.7 Å². The molecule has 0 atom stereocenters. The van der Waals surface area contributed by atoms with E-state index in [-0.39, 0.29) is 27.9 Å². The number of sulfonamides is 1. The van der Waals surface area contributed by atoms with Crippen LogP contribution in [0, 0.1) is 0 Å². The predicted octanol–water partition coefficient (Wildman–Crippen LogP) is 5.03. The van der Waals surface area contributed by atoms with Crippen molar-refractivity contribution in [2.45, 2.75) is 49.6 Å². The zero-order valence-corrected chi connectivity index (χ0v) is 21.1. The van der Waals surface area contributed by atoms with E-state index in [0.717, 1.165) is 16.4 Å². The van der Waals surface area contributed by atoms with Gasteiger partial charge in [0.15, 0.2) is 0 Å². The minimum atomic E-state index is -3.67. The van der Waals surface area contributed by atoms with E-state index in [9.17, 15) is 13.2 Å². The van der Waals surface area contributed by atoms with Gasteiger partial charge in [-0.15, -0.1) is 12.4 Å². The van der Waals surface area contributed by atoms with Crippen molar-refractivity contribution < 1.29 is 13.2 Å². The van der Waals surface area contributed by atoms with Gasteiger partial charge < -0.3 is 5.32 Å². The zero-order valence-electron chi connectivity index (χ0n) is 18.7. The minimum Gasteiger partial charge on any atom is -0.322 e. The number of anilines is 1. The number of benzene rings is 2. The molecule has 32 heavy (non-hydrogen) atoms. The Morgan fingerprint density at radius 2 is 1.72 bits per heavy atom. The number of rotatable bonds is 7. The summed E-state index contributed by atoms with van der Waals surface area (Å²) in [5.41, 5.74) is 1.84. The highest BCUT2D eigenvalue weighted by Gasteiger charge is 2.22. The largest absolute Gasteiger partial charge is 0.322 e. The Balaban J connectivity index is 0.00000363. The van der Waals surface area contributed by atoms with Crippen molar-refractivity contribution in [2.75, 3.05) is 26.5 Å². The van der Waals surface area contributed by atoms with E-state index in [1.54, 1.807) is 0 Å². The third-order valence-electron chi connectivity index (χ3n) is 5.84. The molecule has 0 spiro atoms. The molecule has 176 valence electrons. The molecule has 1 amide bonds. The Bertz CT molecular complexity index is 1040. The second-order valence-electron chi connectivity index (χ2n) is 8.25. The molecule has 1 aliphatic rings. The van der Waals surface area contributed by atoms with Gasteiger partial charge in [-0.25, -0.2) is 12.7 Å². The highest BCUT2D eigenvalue weighted by Crippen LogP contribution is 2.27. The first-order chi connectivity index (χ1) is 14.7. The second kappa shape index (κ2) is 11.5. The molecule has 0 bridgehead atoms. The van der Waals surface area contributed by atoms with Crippen molar-refractivity contribution in [1.82, 2.24) is 9.21 Å². The van der Waals surface area contributed by atoms with E-state index in [0.29, 0.717) is 11.7 Å². The van der Waals surface area contributed by atoms with Crippen molar-refractivity contribution >= 4 is 45.6 Å². The van der Waals surface area contributed by atoms with E-state index in [4.69, 9.17) is 11.6 Å². The number of hydrogen-bond donors (Lipinski definition) is 1. The molecule has 1 N–H and O–H groups in total. The Morgan fingerprint density at radius 3 is 2.38 bits per heavy atom. The molecule has 6 nitrogen and oxygen atoms in total. The van der Waals surface area contributed by atoms with E-state index in [1.165, 1.54) is 64.4 Å². The number of carbonyl (C=O) groups is 1. The van der Waals surface area contributed by atoms with Crippen LogP contribution < -0.4 is 5.32 Å². The molecular formula is C23H31Cl2N3O3S. The number of nitrogens with zero attached hydrogens (tertiary/aromatic N) is 2. The summed E-state index contributed by atoms with van der Waals surface area (Å²) in [6.45, 7) is 0.726. The van der Waals surface area contributed by atoms with Gasteiger partial charge >= 0.3 is 0 Å². The third kappa shape index (κ3) is 6.23. The lowest BCUT2D eigenvalue weighted by Gasteiger charge is -2.31. The average Bonchev–Trinajstić information content (AvgIpc) is 2.75. The molecule has 1 fully saturated rings. The molecular weight excluding hydrogens is 469 g/mol. The summed E-state index contributed by atoms with van der Waals surface area (Å²) in [6.07, 6.45) is 6.23. The third-order valence-corrected chi connectivity index (χ3v) is 7.99. The lowest BCUT2D eigenvalue weighted by Crippen LogP contribution is -2.33. The van der Waals surface area contributed by atoms with Crippen LogP contribution in [0.5, 0.6) is 0 Å². The highest BCUT2D eigenvalue weighted by atomic mass is 35.5. The Kier molecular flexibility index (Phi) is 9.54. The molecule has 0 saturated heterocycles. The predicted molar refractivity (Wildman–Crippen MR) is 132 cm³/mol. The summed E-state index contributed by atoms with van der Waals surface area (Å²) < 4.78 is 26.0. The Hall–Kier alpha value is -1.64. The molecule has 0 unspecified atom stereocenters. The summed E-state index contributed by atoms with van der Waals surface area (Å²) >= 11 is 6.24. The quantitative estimate of drug-likeness (QED) is 0.579. The summed E-state index contributed by atoms with van der Waals surface area (Å²) in [4.78, 5) is 15.4. The summed E-state index contributed by atoms with van der Waals surface area (Å²) in [5.74, 6) is -0.437. The Labute approximate surface area is 202 Å². The lowest BCUT2D eigenvalue weighted by molar-refractivity contribution is 0.102. The van der Waals surface area contributed by atoms with Crippen LogP contribution in [-0.4, -0.2) is 50.7 Å². The van der Waals surface area contributed by atoms with Gasteiger partial charge in [-0.3, -0.25) is 9.69 Å². The maximum atomic E-state index is 13.0. The van der Waals surface area contributed by atoms with Crippen LogP contribution in [0.4, 0.5) is 5.69 Å². The summed E-state index contributed by atoms with van der Waals surface area (Å²) in [5, 5.41) is 3.13. The van der Waals surface area contributed by atoms with Crippen LogP contribution in [0.15, 0.2) is 47.4 Å². The molecule has 0 aliphatic heterocycles. The van der Waals surface area contributed by atoms with Crippen LogP contribution in [0.25, 0.3) is 0 Å². The van der Waals surface area contributed by atoms with Gasteiger partial charge in [0, 0.05) is 32.4 Å². The number of amides is 1. The SMILES string of the molecule is CN(Cc1ccccc1NC(=O)c1cc(S(=O)(=O)N(C)C)ccc1Cl)C1CCCCC1.Cl. The summed E-state index contributed by atoms with van der Waals surface area (Å²) in [7, 11) is 1.35. The number of hydrogen-bond acceptors (Lipinski definition) is 4. The second-order valence-corrected chi connectivity index (χ2v) is 10.8. The first-order valence-corrected chi connectivity index (χ1v) is 12.3. The first-order valence-electron chi connectivity index (χ1n) is 10.5. The maximum Gasteiger partial charge on any atom is 0.257 e. The summed E-state index contributed by atoms with van der Waals surface area (Å²) in [6, 6.07) is 12.4. The van der Waals surface area contributed by atoms with Gasteiger partial charge in [0.1, 0.15) is 0 Å². The van der Waals surface area contributed by atoms with Crippen molar-refractivity contribution in [3.05, 3.63) is 58.6 Å². The van der Waals surface area contributed by atoms with E-state index < -0.39 is 15.9 Å². The number of carbonyl (C=O) groups excluding carboxylic acids is 1. The van der Waals surface area contributed by atoms with Gasteiger partial charge in [0.2, 0.25) is 10.0 Å². The van der Waals surface area contributed by atoms with Crippen molar-refractivity contribution in [2.24, 2.45) is 0 Å². The monoisotopic (exact) mass is 499 g/mol. The molecule has 0 heterocycles. The molecule has 1 saturated carbocycles. The van der Waals surface area contributed by atoms with E-state index in [2.05, 4.69) is 17.3 Å². The van der Waals surface area contributed by atoms with Crippen LogP contribution in [0.1, 0.15) is 48.0 Å². The lowest BCUT2D eigenvalue weighted by atomic mass is 9.94. The van der Waals surface area contributed by atoms with Gasteiger partial charge in [-0.05, 0) is 49.7 Å². The maximum absolute atomic E-state index is 13.0. The Morgan fingerprint density at radius 1 is 1.06 bits per heavy atom. The first kappa shape index (κ1) is 26.6. The van der Waals surface area contributed by atoms with Gasteiger partial charge in [-0.2, -0.15) is 0 Å². The normalized spacial score (nSPS) is 14.9. The van der Waals surface area contributed by atoms with Gasteiger partial charge in [-0.1, -0.05) is 49.1 Å². The molecule has 1 aliphatic carbocycles. The molecule has 9 heteroatoms. The van der Waals surface area contributed by atoms with Crippen LogP contribution in [-0.2, 0) is 16.6 Å². The standard InChI is InChI=1S/C23H30ClN3O3S.ClH/c1-26(2)31(29,30)19-13-14-21(24)20(15-19)23(28)25-22-12-8-7-9-17(22)16-27(3)18-10-5-4-6-11-18;/h7-9,12-15,18H,4-6,10-11,16H2,1-3H3,(H,25,28);1H. The zero-order chi connectivity index (χ0) is 22.6.